The van der Waals surface area contributed by atoms with Crippen LogP contribution in [0.3, 0.4) is 0 Å². The number of allylic oxidation sites excluding steroid dienone is 1. The molecule has 0 aromatic heterocycles. The van der Waals surface area contributed by atoms with Crippen molar-refractivity contribution in [3.8, 4) is 5.75 Å². The van der Waals surface area contributed by atoms with Gasteiger partial charge in [0.25, 0.3) is 6.43 Å². The minimum absolute atomic E-state index is 0.0334. The van der Waals surface area contributed by atoms with Gasteiger partial charge in [-0.1, -0.05) is 24.4 Å². The Kier molecular flexibility index (Phi) is 9.08. The minimum Gasteiger partial charge on any atom is -0.487 e. The minimum atomic E-state index is -2.89. The van der Waals surface area contributed by atoms with E-state index in [0.29, 0.717) is 67.8 Å². The fraction of sp³-hybridized carbons (Fsp3) is 0.633. The summed E-state index contributed by atoms with van der Waals surface area (Å²) < 4.78 is 34.0. The van der Waals surface area contributed by atoms with Gasteiger partial charge in [0.15, 0.2) is 0 Å². The molecule has 3 fully saturated rings. The number of aliphatic carboxylic acids is 1. The molecule has 0 spiro atoms. The molecule has 2 amide bonds. The Balaban J connectivity index is 1.51. The van der Waals surface area contributed by atoms with Gasteiger partial charge in [0.1, 0.15) is 18.1 Å². The number of amides is 2. The summed E-state index contributed by atoms with van der Waals surface area (Å²) in [5.41, 5.74) is 5.53. The van der Waals surface area contributed by atoms with E-state index in [2.05, 4.69) is 0 Å². The molecule has 2 heterocycles. The van der Waals surface area contributed by atoms with Crippen LogP contribution in [-0.4, -0.2) is 76.4 Å². The van der Waals surface area contributed by atoms with Crippen LogP contribution in [0.1, 0.15) is 75.5 Å². The van der Waals surface area contributed by atoms with E-state index in [9.17, 15) is 28.3 Å². The predicted molar refractivity (Wildman–Crippen MR) is 155 cm³/mol. The summed E-state index contributed by atoms with van der Waals surface area (Å²) in [5, 5.41) is 11.6. The first-order valence-electron chi connectivity index (χ1n) is 15.0. The summed E-state index contributed by atoms with van der Waals surface area (Å²) in [6.45, 7) is 2.25. The summed E-state index contributed by atoms with van der Waals surface area (Å²) in [7, 11) is 0. The van der Waals surface area contributed by atoms with Gasteiger partial charge in [0, 0.05) is 42.7 Å². The second-order valence-corrected chi connectivity index (χ2v) is 12.7. The number of nitrogens with zero attached hydrogens (tertiary/aromatic N) is 3. The molecule has 1 aromatic rings. The highest BCUT2D eigenvalue weighted by Crippen LogP contribution is 2.46. The van der Waals surface area contributed by atoms with Crippen LogP contribution in [0.15, 0.2) is 23.5 Å². The summed E-state index contributed by atoms with van der Waals surface area (Å²) in [4.78, 5) is 42.8. The van der Waals surface area contributed by atoms with Gasteiger partial charge < -0.3 is 30.4 Å². The van der Waals surface area contributed by atoms with Crippen LogP contribution in [0.5, 0.6) is 5.75 Å². The first kappa shape index (κ1) is 31.3. The highest BCUT2D eigenvalue weighted by molar-refractivity contribution is 6.31. The van der Waals surface area contributed by atoms with Crippen LogP contribution in [-0.2, 0) is 20.8 Å². The average molecular weight is 624 g/mol. The van der Waals surface area contributed by atoms with Gasteiger partial charge in [-0.05, 0) is 63.1 Å². The molecule has 0 bridgehead atoms. The first-order valence-corrected chi connectivity index (χ1v) is 15.4. The molecule has 3 atom stereocenters. The molecule has 2 aliphatic heterocycles. The average Bonchev–Trinajstić information content (AvgIpc) is 3.74. The fourth-order valence-corrected chi connectivity index (χ4v) is 7.11. The Hall–Kier alpha value is -3.12. The summed E-state index contributed by atoms with van der Waals surface area (Å²) >= 11 is 6.65. The van der Waals surface area contributed by atoms with Gasteiger partial charge in [-0.2, -0.15) is 0 Å². The number of alkyl halides is 2. The molecular weight excluding hydrogens is 584 g/mol. The second kappa shape index (κ2) is 12.5. The van der Waals surface area contributed by atoms with Gasteiger partial charge in [-0.3, -0.25) is 14.4 Å². The molecule has 5 rings (SSSR count). The van der Waals surface area contributed by atoms with E-state index in [1.54, 1.807) is 28.9 Å². The van der Waals surface area contributed by atoms with Crippen LogP contribution in [0.4, 0.5) is 8.78 Å². The largest absolute Gasteiger partial charge is 0.487 e. The van der Waals surface area contributed by atoms with Crippen molar-refractivity contribution in [2.24, 2.45) is 22.9 Å². The number of carboxylic acids is 1. The smallest absolute Gasteiger partial charge is 0.310 e. The van der Waals surface area contributed by atoms with Crippen LogP contribution < -0.4 is 16.3 Å². The van der Waals surface area contributed by atoms with Crippen molar-refractivity contribution in [3.05, 3.63) is 39.7 Å². The van der Waals surface area contributed by atoms with Gasteiger partial charge in [0.2, 0.25) is 11.8 Å². The van der Waals surface area contributed by atoms with Crippen molar-refractivity contribution in [2.75, 3.05) is 26.2 Å². The van der Waals surface area contributed by atoms with Gasteiger partial charge in [0.05, 0.1) is 23.1 Å². The number of halogens is 3. The lowest BCUT2D eigenvalue weighted by Gasteiger charge is -2.45. The molecule has 1 aromatic carbocycles. The van der Waals surface area contributed by atoms with Crippen molar-refractivity contribution in [1.29, 1.82) is 0 Å². The molecule has 0 unspecified atom stereocenters. The Morgan fingerprint density at radius 2 is 1.93 bits per heavy atom. The van der Waals surface area contributed by atoms with Crippen molar-refractivity contribution >= 4 is 29.4 Å². The van der Waals surface area contributed by atoms with E-state index >= 15 is 0 Å². The molecule has 2 saturated carbocycles. The Morgan fingerprint density at radius 1 is 1.19 bits per heavy atom. The van der Waals surface area contributed by atoms with E-state index in [0.717, 1.165) is 23.4 Å². The Morgan fingerprint density at radius 3 is 2.56 bits per heavy atom. The number of benzene rings is 1. The highest BCUT2D eigenvalue weighted by Gasteiger charge is 2.50. The number of hydrazine groups is 1. The van der Waals surface area contributed by atoms with E-state index in [1.165, 1.54) is 0 Å². The van der Waals surface area contributed by atoms with E-state index in [-0.39, 0.29) is 43.2 Å². The first-order chi connectivity index (χ1) is 20.4. The van der Waals surface area contributed by atoms with Crippen molar-refractivity contribution in [3.63, 3.8) is 0 Å². The van der Waals surface area contributed by atoms with E-state index in [4.69, 9.17) is 27.9 Å². The molecule has 10 nitrogen and oxygen atoms in total. The van der Waals surface area contributed by atoms with Crippen LogP contribution >= 0.6 is 11.6 Å². The molecule has 4 aliphatic rings. The van der Waals surface area contributed by atoms with Gasteiger partial charge in [-0.25, -0.2) is 14.6 Å². The maximum Gasteiger partial charge on any atom is 0.310 e. The fourth-order valence-electron chi connectivity index (χ4n) is 6.85. The number of carbonyl (C=O) groups is 3. The number of hydrogen-bond donors (Lipinski definition) is 3. The number of carbonyl (C=O) groups excluding carboxylic acids is 2. The molecule has 43 heavy (non-hydrogen) atoms. The van der Waals surface area contributed by atoms with Crippen molar-refractivity contribution in [2.45, 2.75) is 83.2 Å². The van der Waals surface area contributed by atoms with Gasteiger partial charge in [-0.15, -0.1) is 0 Å². The van der Waals surface area contributed by atoms with Crippen LogP contribution in [0.25, 0.3) is 0 Å². The number of hydrogen-bond acceptors (Lipinski definition) is 7. The SMILES string of the molecule is C[C@]1(C(=O)O)CCCC[C@H]1C(=O)N1CCc2c(Cl)ccc(OC/C(N)=C(\C(F)F)N(N)C3CC3)c2[C@H]1CN1CCCC1=O. The predicted octanol–water partition coefficient (Wildman–Crippen LogP) is 3.82. The molecule has 1 saturated heterocycles. The number of fused-ring (bicyclic) bond motifs is 1. The summed E-state index contributed by atoms with van der Waals surface area (Å²) in [5.74, 6) is 4.20. The lowest BCUT2D eigenvalue weighted by molar-refractivity contribution is -0.162. The molecule has 236 valence electrons. The molecule has 0 radical (unpaired) electrons. The number of carboxylic acid groups (broad SMARTS) is 1. The van der Waals surface area contributed by atoms with E-state index in [1.807, 2.05) is 0 Å². The zero-order chi connectivity index (χ0) is 31.1. The van der Waals surface area contributed by atoms with Gasteiger partial charge >= 0.3 is 5.97 Å². The topological polar surface area (TPSA) is 142 Å². The molecule has 2 aliphatic carbocycles. The lowest BCUT2D eigenvalue weighted by atomic mass is 9.66. The van der Waals surface area contributed by atoms with Crippen molar-refractivity contribution < 1.29 is 33.0 Å². The van der Waals surface area contributed by atoms with E-state index < -0.39 is 35.5 Å². The zero-order valence-corrected chi connectivity index (χ0v) is 25.1. The maximum atomic E-state index is 14.3. The van der Waals surface area contributed by atoms with Crippen LogP contribution in [0.2, 0.25) is 5.02 Å². The third kappa shape index (κ3) is 6.13. The number of nitrogens with two attached hydrogens (primary N) is 2. The highest BCUT2D eigenvalue weighted by atomic mass is 35.5. The quantitative estimate of drug-likeness (QED) is 0.264. The lowest BCUT2D eigenvalue weighted by Crippen LogP contribution is -2.52. The monoisotopic (exact) mass is 623 g/mol. The number of likely N-dealkylation sites (tertiary alicyclic amines) is 1. The molecule has 13 heteroatoms. The second-order valence-electron chi connectivity index (χ2n) is 12.3. The standard InChI is InChI=1S/C30H40ClF2N5O5/c1-30(29(41)42)12-3-2-5-19(30)28(40)37-14-11-18-20(31)9-10-23(25(18)22(37)15-36-13-4-6-24(36)39)43-16-21(34)26(27(32)33)38(35)17-7-8-17/h9-10,17,19,22,27H,2-8,11-16,34-35H2,1H3,(H,41,42)/b26-21-/t19-,22+,30-/m0/s1. The van der Waals surface area contributed by atoms with Crippen LogP contribution in [0, 0.1) is 11.3 Å². The summed E-state index contributed by atoms with van der Waals surface area (Å²) in [6.07, 6.45) is 2.31. The molecule has 5 N–H and O–H groups in total. The third-order valence-electron chi connectivity index (χ3n) is 9.55. The Bertz CT molecular complexity index is 1310. The Labute approximate surface area is 254 Å². The summed E-state index contributed by atoms with van der Waals surface area (Å²) in [6, 6.07) is 2.40. The number of rotatable bonds is 10. The zero-order valence-electron chi connectivity index (χ0n) is 24.4. The normalized spacial score (nSPS) is 26.3. The third-order valence-corrected chi connectivity index (χ3v) is 9.91. The molecular formula is C30H40ClF2N5O5. The maximum absolute atomic E-state index is 14.3. The van der Waals surface area contributed by atoms with Crippen molar-refractivity contribution in [1.82, 2.24) is 14.8 Å². The number of ether oxygens (including phenoxy) is 1.